The second-order valence-electron chi connectivity index (χ2n) is 7.82. The van der Waals surface area contributed by atoms with Crippen LogP contribution in [0.15, 0.2) is 17.5 Å². The normalized spacial score (nSPS) is 18.9. The maximum absolute atomic E-state index is 13.2. The van der Waals surface area contributed by atoms with Gasteiger partial charge in [-0.3, -0.25) is 19.7 Å². The molecule has 0 saturated carbocycles. The topological polar surface area (TPSA) is 122 Å². The molecule has 0 bridgehead atoms. The van der Waals surface area contributed by atoms with Crippen LogP contribution in [-0.4, -0.2) is 71.9 Å². The Morgan fingerprint density at radius 2 is 1.97 bits per heavy atom. The number of nitrogens with one attached hydrogen (secondary N) is 1. The van der Waals surface area contributed by atoms with Crippen molar-refractivity contribution < 1.29 is 24.2 Å². The molecule has 1 saturated heterocycles. The first-order valence-electron chi connectivity index (χ1n) is 11.2. The van der Waals surface area contributed by atoms with Gasteiger partial charge in [0.1, 0.15) is 12.6 Å². The average molecular weight is 559 g/mol. The van der Waals surface area contributed by atoms with Crippen molar-refractivity contribution in [1.29, 1.82) is 0 Å². The summed E-state index contributed by atoms with van der Waals surface area (Å²) in [4.78, 5) is 39.6. The van der Waals surface area contributed by atoms with Gasteiger partial charge in [-0.15, -0.1) is 47.9 Å². The summed E-state index contributed by atoms with van der Waals surface area (Å²) in [6, 6.07) is 2.72. The minimum absolute atomic E-state index is 0. The highest BCUT2D eigenvalue weighted by Crippen LogP contribution is 2.35. The molecule has 2 heterocycles. The molecular formula is C22H37Cl2N3O5S2. The molecule has 1 aliphatic rings. The smallest absolute Gasteiger partial charge is 0.323 e. The molecule has 8 nitrogen and oxygen atoms in total. The summed E-state index contributed by atoms with van der Waals surface area (Å²) in [6.07, 6.45) is 5.52. The van der Waals surface area contributed by atoms with Crippen LogP contribution < -0.4 is 11.1 Å². The van der Waals surface area contributed by atoms with Crippen LogP contribution in [0.2, 0.25) is 0 Å². The van der Waals surface area contributed by atoms with Crippen LogP contribution >= 0.6 is 47.9 Å². The lowest BCUT2D eigenvalue weighted by Gasteiger charge is -2.26. The molecule has 1 fully saturated rings. The van der Waals surface area contributed by atoms with Crippen LogP contribution in [0.3, 0.4) is 0 Å². The highest BCUT2D eigenvalue weighted by atomic mass is 35.5. The predicted octanol–water partition coefficient (Wildman–Crippen LogP) is 3.48. The number of hydrogen-bond donors (Lipinski definition) is 3. The van der Waals surface area contributed by atoms with Crippen molar-refractivity contribution in [3.05, 3.63) is 22.4 Å². The Kier molecular flexibility index (Phi) is 17.7. The van der Waals surface area contributed by atoms with E-state index in [1.807, 2.05) is 17.5 Å². The maximum Gasteiger partial charge on any atom is 0.323 e. The van der Waals surface area contributed by atoms with Crippen molar-refractivity contribution >= 4 is 65.8 Å². The van der Waals surface area contributed by atoms with E-state index < -0.39 is 18.1 Å². The lowest BCUT2D eigenvalue weighted by atomic mass is 10.1. The molecule has 2 rings (SSSR count). The van der Waals surface area contributed by atoms with Crippen LogP contribution in [0.5, 0.6) is 0 Å². The highest BCUT2D eigenvalue weighted by Gasteiger charge is 2.35. The molecule has 0 unspecified atom stereocenters. The second kappa shape index (κ2) is 18.3. The average Bonchev–Trinajstić information content (AvgIpc) is 3.25. The third kappa shape index (κ3) is 11.1. The van der Waals surface area contributed by atoms with Crippen molar-refractivity contribution in [1.82, 2.24) is 10.2 Å². The zero-order valence-corrected chi connectivity index (χ0v) is 22.7. The highest BCUT2D eigenvalue weighted by molar-refractivity contribution is 7.99. The zero-order chi connectivity index (χ0) is 23.3. The molecule has 1 aromatic rings. The fourth-order valence-electron chi connectivity index (χ4n) is 3.70. The number of ether oxygens (including phenoxy) is 1. The van der Waals surface area contributed by atoms with Gasteiger partial charge in [-0.25, -0.2) is 0 Å². The first-order chi connectivity index (χ1) is 15.5. The van der Waals surface area contributed by atoms with E-state index >= 15 is 0 Å². The number of nitrogens with two attached hydrogens (primary N) is 1. The van der Waals surface area contributed by atoms with Gasteiger partial charge in [0.2, 0.25) is 5.91 Å². The number of amides is 1. The van der Waals surface area contributed by atoms with Crippen molar-refractivity contribution in [2.75, 3.05) is 32.0 Å². The van der Waals surface area contributed by atoms with Crippen LogP contribution in [-0.2, 0) is 19.1 Å². The molecular weight excluding hydrogens is 521 g/mol. The fourth-order valence-corrected chi connectivity index (χ4v) is 5.96. The van der Waals surface area contributed by atoms with E-state index in [1.165, 1.54) is 4.90 Å². The predicted molar refractivity (Wildman–Crippen MR) is 142 cm³/mol. The number of thiophene rings is 1. The van der Waals surface area contributed by atoms with Crippen LogP contribution in [0.1, 0.15) is 55.6 Å². The summed E-state index contributed by atoms with van der Waals surface area (Å²) in [5.41, 5.74) is 5.53. The SMILES string of the molecule is CCOC(=O)[C@H](CCCCCCCN)N[C@H]1CS[C@H](c2cccs2)CN(CC(=O)O)C1=O.Cl.Cl. The Hall–Kier alpha value is -1.04. The van der Waals surface area contributed by atoms with Gasteiger partial charge in [-0.2, -0.15) is 0 Å². The molecule has 0 aliphatic carbocycles. The number of carbonyl (C=O) groups excluding carboxylic acids is 2. The first kappa shape index (κ1) is 33.0. The van der Waals surface area contributed by atoms with Gasteiger partial charge in [-0.1, -0.05) is 31.7 Å². The molecule has 196 valence electrons. The Morgan fingerprint density at radius 1 is 1.26 bits per heavy atom. The van der Waals surface area contributed by atoms with Crippen molar-refractivity contribution in [3.8, 4) is 0 Å². The number of carboxylic acids is 1. The van der Waals surface area contributed by atoms with E-state index in [4.69, 9.17) is 10.5 Å². The molecule has 3 atom stereocenters. The number of nitrogens with zero attached hydrogens (tertiary/aromatic N) is 1. The van der Waals surface area contributed by atoms with Gasteiger partial charge in [0, 0.05) is 17.2 Å². The van der Waals surface area contributed by atoms with Crippen LogP contribution in [0.25, 0.3) is 0 Å². The Balaban J connectivity index is 0.00000544. The largest absolute Gasteiger partial charge is 0.480 e. The Morgan fingerprint density at radius 3 is 2.59 bits per heavy atom. The summed E-state index contributed by atoms with van der Waals surface area (Å²) < 4.78 is 5.24. The molecule has 1 aliphatic heterocycles. The monoisotopic (exact) mass is 557 g/mol. The number of esters is 1. The van der Waals surface area contributed by atoms with Crippen LogP contribution in [0, 0.1) is 0 Å². The fraction of sp³-hybridized carbons (Fsp3) is 0.682. The summed E-state index contributed by atoms with van der Waals surface area (Å²) in [5.74, 6) is -1.23. The second-order valence-corrected chi connectivity index (χ2v) is 10.0. The number of hydrogen-bond acceptors (Lipinski definition) is 8. The number of halogens is 2. The number of unbranched alkanes of at least 4 members (excludes halogenated alkanes) is 4. The third-order valence-electron chi connectivity index (χ3n) is 5.32. The summed E-state index contributed by atoms with van der Waals surface area (Å²) in [5, 5.41) is 14.5. The van der Waals surface area contributed by atoms with Crippen molar-refractivity contribution in [2.24, 2.45) is 5.73 Å². The molecule has 12 heteroatoms. The van der Waals surface area contributed by atoms with Gasteiger partial charge in [-0.05, 0) is 37.8 Å². The van der Waals surface area contributed by atoms with Gasteiger partial charge >= 0.3 is 11.9 Å². The number of rotatable bonds is 14. The first-order valence-corrected chi connectivity index (χ1v) is 13.2. The molecule has 4 N–H and O–H groups in total. The van der Waals surface area contributed by atoms with Gasteiger partial charge in [0.15, 0.2) is 0 Å². The standard InChI is InChI=1S/C22H35N3O5S2.2ClH/c1-2-30-22(29)16(9-6-4-3-5-7-11-23)24-17-15-32-19(18-10-8-12-31-18)13-25(21(17)28)14-20(26)27;;/h8,10,12,16-17,19,24H,2-7,9,11,13-15,23H2,1H3,(H,26,27);2*1H/t16-,17-,19-;;/m0../s1. The molecule has 1 aromatic heterocycles. The summed E-state index contributed by atoms with van der Waals surface area (Å²) >= 11 is 3.22. The minimum Gasteiger partial charge on any atom is -0.480 e. The molecule has 1 amide bonds. The molecule has 0 aromatic carbocycles. The number of carbonyl (C=O) groups is 3. The van der Waals surface area contributed by atoms with Crippen molar-refractivity contribution in [2.45, 2.75) is 62.8 Å². The van der Waals surface area contributed by atoms with E-state index in [9.17, 15) is 19.5 Å². The number of carboxylic acid groups (broad SMARTS) is 1. The Labute approximate surface area is 222 Å². The third-order valence-corrected chi connectivity index (χ3v) is 7.78. The Bertz CT molecular complexity index is 727. The number of thioether (sulfide) groups is 1. The lowest BCUT2D eigenvalue weighted by molar-refractivity contribution is -0.148. The van der Waals surface area contributed by atoms with Gasteiger partial charge in [0.05, 0.1) is 17.9 Å². The van der Waals surface area contributed by atoms with E-state index in [0.29, 0.717) is 25.3 Å². The zero-order valence-electron chi connectivity index (χ0n) is 19.5. The quantitative estimate of drug-likeness (QED) is 0.234. The summed E-state index contributed by atoms with van der Waals surface area (Å²) in [7, 11) is 0. The van der Waals surface area contributed by atoms with Crippen LogP contribution in [0.4, 0.5) is 0 Å². The molecule has 34 heavy (non-hydrogen) atoms. The molecule has 0 spiro atoms. The maximum atomic E-state index is 13.2. The van der Waals surface area contributed by atoms with E-state index in [2.05, 4.69) is 5.32 Å². The van der Waals surface area contributed by atoms with E-state index in [1.54, 1.807) is 30.0 Å². The minimum atomic E-state index is -1.05. The van der Waals surface area contributed by atoms with Gasteiger partial charge in [0.25, 0.3) is 0 Å². The number of aliphatic carboxylic acids is 1. The van der Waals surface area contributed by atoms with Crippen molar-refractivity contribution in [3.63, 3.8) is 0 Å². The summed E-state index contributed by atoms with van der Waals surface area (Å²) in [6.45, 7) is 2.69. The van der Waals surface area contributed by atoms with Gasteiger partial charge < -0.3 is 20.5 Å². The lowest BCUT2D eigenvalue weighted by Crippen LogP contribution is -2.53. The van der Waals surface area contributed by atoms with E-state index in [-0.39, 0.29) is 55.1 Å². The van der Waals surface area contributed by atoms with E-state index in [0.717, 1.165) is 37.0 Å². The molecule has 0 radical (unpaired) electrons.